The Morgan fingerprint density at radius 2 is 1.62 bits per heavy atom. The van der Waals surface area contributed by atoms with E-state index >= 15 is 0 Å². The number of azo groups is 1. The summed E-state index contributed by atoms with van der Waals surface area (Å²) in [7, 11) is 0. The fourth-order valence-electron chi connectivity index (χ4n) is 2.77. The predicted molar refractivity (Wildman–Crippen MR) is 112 cm³/mol. The summed E-state index contributed by atoms with van der Waals surface area (Å²) in [6.45, 7) is 3.59. The number of aromatic nitrogens is 1. The van der Waals surface area contributed by atoms with Gasteiger partial charge in [0.2, 0.25) is 5.88 Å². The Morgan fingerprint density at radius 1 is 1.03 bits per heavy atom. The second-order valence-electron chi connectivity index (χ2n) is 6.21. The minimum atomic E-state index is -0.504. The maximum atomic E-state index is 12.2. The molecule has 0 radical (unpaired) electrons. The monoisotopic (exact) mass is 385 g/mol. The lowest BCUT2D eigenvalue weighted by atomic mass is 10.1. The molecule has 1 heterocycles. The number of nitrogens with zero attached hydrogens (tertiary/aromatic N) is 5. The van der Waals surface area contributed by atoms with Gasteiger partial charge in [-0.2, -0.15) is 15.5 Å². The van der Waals surface area contributed by atoms with Gasteiger partial charge in [-0.1, -0.05) is 18.2 Å². The number of hydrogen-bond acceptors (Lipinski definition) is 6. The lowest BCUT2D eigenvalue weighted by Gasteiger charge is -2.12. The largest absolute Gasteiger partial charge is 0.494 e. The SMILES string of the molecule is CCn1c(O)c(C=Nc2ccc(N=Nc3ccccc3)cc2)c(C)c(C#N)c1=O. The molecule has 7 heteroatoms. The third-order valence-electron chi connectivity index (χ3n) is 4.39. The fourth-order valence-corrected chi connectivity index (χ4v) is 2.77. The number of hydrogen-bond donors (Lipinski definition) is 1. The third-order valence-corrected chi connectivity index (χ3v) is 4.39. The van der Waals surface area contributed by atoms with Crippen molar-refractivity contribution in [3.63, 3.8) is 0 Å². The molecule has 3 aromatic rings. The summed E-state index contributed by atoms with van der Waals surface area (Å²) in [6, 6.07) is 18.4. The first-order chi connectivity index (χ1) is 14.0. The van der Waals surface area contributed by atoms with Crippen molar-refractivity contribution in [2.24, 2.45) is 15.2 Å². The Bertz CT molecular complexity index is 1170. The van der Waals surface area contributed by atoms with E-state index in [1.165, 1.54) is 6.21 Å². The van der Waals surface area contributed by atoms with Crippen LogP contribution >= 0.6 is 0 Å². The van der Waals surface area contributed by atoms with Gasteiger partial charge in [0, 0.05) is 12.8 Å². The predicted octanol–water partition coefficient (Wildman–Crippen LogP) is 4.92. The Hall–Kier alpha value is -4.05. The zero-order valence-corrected chi connectivity index (χ0v) is 16.1. The second-order valence-corrected chi connectivity index (χ2v) is 6.21. The fraction of sp³-hybridized carbons (Fsp3) is 0.136. The van der Waals surface area contributed by atoms with Crippen LogP contribution in [0.4, 0.5) is 17.1 Å². The van der Waals surface area contributed by atoms with E-state index < -0.39 is 5.56 Å². The Labute approximate surface area is 167 Å². The molecule has 0 fully saturated rings. The second kappa shape index (κ2) is 8.76. The van der Waals surface area contributed by atoms with E-state index in [9.17, 15) is 15.2 Å². The van der Waals surface area contributed by atoms with Crippen LogP contribution in [0.5, 0.6) is 5.88 Å². The Balaban J connectivity index is 1.86. The number of aliphatic imine (C=N–C) groups is 1. The minimum Gasteiger partial charge on any atom is -0.494 e. The molecule has 144 valence electrons. The van der Waals surface area contributed by atoms with Crippen LogP contribution in [0.2, 0.25) is 0 Å². The van der Waals surface area contributed by atoms with E-state index in [1.807, 2.05) is 36.4 Å². The molecular weight excluding hydrogens is 366 g/mol. The first-order valence-electron chi connectivity index (χ1n) is 9.02. The van der Waals surface area contributed by atoms with Crippen LogP contribution in [-0.2, 0) is 6.54 Å². The molecule has 0 atom stereocenters. The van der Waals surface area contributed by atoms with Gasteiger partial charge < -0.3 is 5.11 Å². The molecule has 0 unspecified atom stereocenters. The molecule has 3 rings (SSSR count). The van der Waals surface area contributed by atoms with Crippen LogP contribution in [0.15, 0.2) is 74.6 Å². The molecule has 0 saturated heterocycles. The first-order valence-corrected chi connectivity index (χ1v) is 9.02. The summed E-state index contributed by atoms with van der Waals surface area (Å²) in [4.78, 5) is 16.6. The van der Waals surface area contributed by atoms with Gasteiger partial charge in [-0.25, -0.2) is 0 Å². The zero-order chi connectivity index (χ0) is 20.8. The van der Waals surface area contributed by atoms with Gasteiger partial charge in [0.1, 0.15) is 11.6 Å². The zero-order valence-electron chi connectivity index (χ0n) is 16.1. The standard InChI is InChI=1S/C22H19N5O2/c1-3-27-21(28)19(13-23)15(2)20(22(27)29)14-24-16-9-11-18(12-10-16)26-25-17-7-5-4-6-8-17/h4-12,14,29H,3H2,1-2H3. The molecule has 0 amide bonds. The van der Waals surface area contributed by atoms with Crippen molar-refractivity contribution < 1.29 is 5.11 Å². The smallest absolute Gasteiger partial charge is 0.271 e. The minimum absolute atomic E-state index is 0.00257. The van der Waals surface area contributed by atoms with Crippen LogP contribution in [0.3, 0.4) is 0 Å². The number of rotatable bonds is 5. The molecule has 0 spiro atoms. The van der Waals surface area contributed by atoms with Crippen LogP contribution in [0, 0.1) is 18.3 Å². The van der Waals surface area contributed by atoms with Crippen molar-refractivity contribution in [1.82, 2.24) is 4.57 Å². The number of pyridine rings is 1. The van der Waals surface area contributed by atoms with E-state index in [4.69, 9.17) is 0 Å². The average Bonchev–Trinajstić information content (AvgIpc) is 2.74. The highest BCUT2D eigenvalue weighted by atomic mass is 16.3. The van der Waals surface area contributed by atoms with Gasteiger partial charge in [-0.05, 0) is 55.8 Å². The van der Waals surface area contributed by atoms with Gasteiger partial charge in [0.05, 0.1) is 22.6 Å². The van der Waals surface area contributed by atoms with Gasteiger partial charge in [0.15, 0.2) is 0 Å². The van der Waals surface area contributed by atoms with Gasteiger partial charge in [-0.3, -0.25) is 14.4 Å². The summed E-state index contributed by atoms with van der Waals surface area (Å²) in [6.07, 6.45) is 1.46. The summed E-state index contributed by atoms with van der Waals surface area (Å²) >= 11 is 0. The number of aromatic hydroxyl groups is 1. The summed E-state index contributed by atoms with van der Waals surface area (Å²) in [5.74, 6) is -0.203. The first kappa shape index (κ1) is 19.7. The van der Waals surface area contributed by atoms with E-state index in [2.05, 4.69) is 15.2 Å². The topological polar surface area (TPSA) is 103 Å². The molecule has 29 heavy (non-hydrogen) atoms. The van der Waals surface area contributed by atoms with Crippen molar-refractivity contribution in [2.45, 2.75) is 20.4 Å². The normalized spacial score (nSPS) is 11.2. The molecule has 7 nitrogen and oxygen atoms in total. The summed E-state index contributed by atoms with van der Waals surface area (Å²) in [5, 5.41) is 28.0. The van der Waals surface area contributed by atoms with E-state index in [0.717, 1.165) is 10.3 Å². The Kier molecular flexibility index (Phi) is 5.95. The molecule has 0 saturated carbocycles. The third kappa shape index (κ3) is 4.28. The van der Waals surface area contributed by atoms with E-state index in [0.29, 0.717) is 22.5 Å². The van der Waals surface area contributed by atoms with Crippen LogP contribution < -0.4 is 5.56 Å². The highest BCUT2D eigenvalue weighted by Gasteiger charge is 2.16. The molecule has 0 aliphatic carbocycles. The van der Waals surface area contributed by atoms with E-state index in [1.54, 1.807) is 38.1 Å². The van der Waals surface area contributed by atoms with Crippen molar-refractivity contribution in [3.05, 3.63) is 81.6 Å². The van der Waals surface area contributed by atoms with E-state index in [-0.39, 0.29) is 18.0 Å². The maximum Gasteiger partial charge on any atom is 0.271 e. The number of nitriles is 1. The maximum absolute atomic E-state index is 12.2. The molecule has 2 aromatic carbocycles. The van der Waals surface area contributed by atoms with Crippen LogP contribution in [0.1, 0.15) is 23.6 Å². The van der Waals surface area contributed by atoms with Crippen molar-refractivity contribution in [3.8, 4) is 11.9 Å². The molecule has 1 N–H and O–H groups in total. The van der Waals surface area contributed by atoms with Crippen molar-refractivity contribution >= 4 is 23.3 Å². The summed E-state index contributed by atoms with van der Waals surface area (Å²) in [5.41, 5.74) is 2.32. The Morgan fingerprint density at radius 3 is 2.21 bits per heavy atom. The highest BCUT2D eigenvalue weighted by Crippen LogP contribution is 2.23. The van der Waals surface area contributed by atoms with Crippen molar-refractivity contribution in [2.75, 3.05) is 0 Å². The molecular formula is C22H19N5O2. The highest BCUT2D eigenvalue weighted by molar-refractivity contribution is 5.87. The van der Waals surface area contributed by atoms with Crippen LogP contribution in [0.25, 0.3) is 0 Å². The molecule has 0 aliphatic rings. The quantitative estimate of drug-likeness (QED) is 0.498. The van der Waals surface area contributed by atoms with Gasteiger partial charge >= 0.3 is 0 Å². The summed E-state index contributed by atoms with van der Waals surface area (Å²) < 4.78 is 1.15. The van der Waals surface area contributed by atoms with Crippen LogP contribution in [-0.4, -0.2) is 15.9 Å². The molecule has 0 aliphatic heterocycles. The molecule has 0 bridgehead atoms. The number of benzene rings is 2. The average molecular weight is 385 g/mol. The molecule has 1 aromatic heterocycles. The van der Waals surface area contributed by atoms with Gasteiger partial charge in [-0.15, -0.1) is 0 Å². The van der Waals surface area contributed by atoms with Gasteiger partial charge in [0.25, 0.3) is 5.56 Å². The lowest BCUT2D eigenvalue weighted by molar-refractivity contribution is 0.409. The van der Waals surface area contributed by atoms with Crippen molar-refractivity contribution in [1.29, 1.82) is 5.26 Å². The lowest BCUT2D eigenvalue weighted by Crippen LogP contribution is -2.24.